The van der Waals surface area contributed by atoms with Crippen LogP contribution in [0.15, 0.2) is 23.1 Å². The van der Waals surface area contributed by atoms with E-state index in [4.69, 9.17) is 14.6 Å². The summed E-state index contributed by atoms with van der Waals surface area (Å²) < 4.78 is 64.7. The molecule has 0 saturated carbocycles. The minimum Gasteiger partial charge on any atom is -0.475 e. The van der Waals surface area contributed by atoms with Gasteiger partial charge in [-0.3, -0.25) is 4.79 Å². The first kappa shape index (κ1) is 29.8. The molecular weight excluding hydrogens is 479 g/mol. The Morgan fingerprint density at radius 2 is 1.76 bits per heavy atom. The van der Waals surface area contributed by atoms with Crippen molar-refractivity contribution in [2.24, 2.45) is 0 Å². The Labute approximate surface area is 197 Å². The minimum atomic E-state index is -5.08. The van der Waals surface area contributed by atoms with E-state index < -0.39 is 22.2 Å². The summed E-state index contributed by atoms with van der Waals surface area (Å²) in [6.07, 6.45) is -4.31. The van der Waals surface area contributed by atoms with Crippen LogP contribution in [0.1, 0.15) is 24.0 Å². The molecule has 1 saturated heterocycles. The quantitative estimate of drug-likeness (QED) is 0.486. The van der Waals surface area contributed by atoms with Crippen LogP contribution in [0, 0.1) is 13.8 Å². The number of hydrogen-bond donors (Lipinski definition) is 2. The molecule has 0 spiro atoms. The Kier molecular flexibility index (Phi) is 11.9. The molecule has 2 N–H and O–H groups in total. The third kappa shape index (κ3) is 9.57. The maximum absolute atomic E-state index is 13.2. The highest BCUT2D eigenvalue weighted by Gasteiger charge is 2.38. The van der Waals surface area contributed by atoms with Gasteiger partial charge in [-0.05, 0) is 37.5 Å². The summed E-state index contributed by atoms with van der Waals surface area (Å²) in [5.74, 6) is -2.75. The summed E-state index contributed by atoms with van der Waals surface area (Å²) >= 11 is 0. The van der Waals surface area contributed by atoms with Crippen LogP contribution in [-0.2, 0) is 24.3 Å². The monoisotopic (exact) mass is 511 g/mol. The molecule has 1 amide bonds. The molecular formula is C21H32F3N3O6S. The molecule has 1 aliphatic heterocycles. The molecule has 2 rings (SSSR count). The van der Waals surface area contributed by atoms with E-state index >= 15 is 0 Å². The molecule has 0 unspecified atom stereocenters. The number of benzene rings is 1. The van der Waals surface area contributed by atoms with E-state index in [9.17, 15) is 26.4 Å². The first-order valence-electron chi connectivity index (χ1n) is 10.7. The van der Waals surface area contributed by atoms with Gasteiger partial charge in [0.1, 0.15) is 0 Å². The fourth-order valence-corrected chi connectivity index (χ4v) is 4.94. The number of carboxylic acids is 1. The van der Waals surface area contributed by atoms with Crippen molar-refractivity contribution in [1.29, 1.82) is 0 Å². The molecule has 1 heterocycles. The fraction of sp³-hybridized carbons (Fsp3) is 0.619. The Balaban J connectivity index is 0.000000718. The summed E-state index contributed by atoms with van der Waals surface area (Å²) in [4.78, 5) is 23.5. The van der Waals surface area contributed by atoms with E-state index in [1.54, 1.807) is 25.0 Å². The molecule has 0 bridgehead atoms. The smallest absolute Gasteiger partial charge is 0.475 e. The summed E-state index contributed by atoms with van der Waals surface area (Å²) in [6, 6.07) is 5.42. The van der Waals surface area contributed by atoms with Gasteiger partial charge >= 0.3 is 12.1 Å². The van der Waals surface area contributed by atoms with Crippen molar-refractivity contribution in [3.63, 3.8) is 0 Å². The van der Waals surface area contributed by atoms with Gasteiger partial charge in [0.2, 0.25) is 15.9 Å². The molecule has 1 aliphatic rings. The number of carboxylic acid groups (broad SMARTS) is 1. The van der Waals surface area contributed by atoms with Gasteiger partial charge in [0.25, 0.3) is 0 Å². The Bertz CT molecular complexity index is 919. The van der Waals surface area contributed by atoms with Gasteiger partial charge in [-0.2, -0.15) is 17.5 Å². The van der Waals surface area contributed by atoms with Crippen molar-refractivity contribution in [1.82, 2.24) is 14.5 Å². The van der Waals surface area contributed by atoms with E-state index in [0.717, 1.165) is 18.7 Å². The molecule has 0 radical (unpaired) electrons. The zero-order chi connectivity index (χ0) is 25.9. The van der Waals surface area contributed by atoms with E-state index in [-0.39, 0.29) is 18.9 Å². The molecule has 0 aliphatic carbocycles. The average Bonchev–Trinajstić information content (AvgIpc) is 2.77. The van der Waals surface area contributed by atoms with E-state index in [1.807, 2.05) is 19.1 Å². The number of sulfonamides is 1. The number of nitrogens with zero attached hydrogens (tertiary/aromatic N) is 2. The van der Waals surface area contributed by atoms with Crippen molar-refractivity contribution in [2.45, 2.75) is 37.8 Å². The topological polar surface area (TPSA) is 116 Å². The van der Waals surface area contributed by atoms with E-state index in [0.29, 0.717) is 43.1 Å². The molecule has 194 valence electrons. The number of carbonyl (C=O) groups is 2. The van der Waals surface area contributed by atoms with Crippen molar-refractivity contribution in [3.05, 3.63) is 29.3 Å². The van der Waals surface area contributed by atoms with Gasteiger partial charge in [0, 0.05) is 59.4 Å². The number of nitrogens with one attached hydrogen (secondary N) is 1. The fourth-order valence-electron chi connectivity index (χ4n) is 3.15. The lowest BCUT2D eigenvalue weighted by Gasteiger charge is -2.29. The summed E-state index contributed by atoms with van der Waals surface area (Å²) in [5, 5.41) is 10.3. The first-order chi connectivity index (χ1) is 15.8. The van der Waals surface area contributed by atoms with Crippen molar-refractivity contribution in [2.75, 3.05) is 53.0 Å². The Morgan fingerprint density at radius 3 is 2.29 bits per heavy atom. The number of piperazine rings is 1. The molecule has 34 heavy (non-hydrogen) atoms. The molecule has 0 atom stereocenters. The van der Waals surface area contributed by atoms with Crippen LogP contribution in [0.3, 0.4) is 0 Å². The maximum atomic E-state index is 13.2. The highest BCUT2D eigenvalue weighted by molar-refractivity contribution is 7.89. The van der Waals surface area contributed by atoms with E-state index in [1.165, 1.54) is 4.31 Å². The highest BCUT2D eigenvalue weighted by atomic mass is 32.2. The number of ether oxygens (including phenoxy) is 1. The minimum absolute atomic E-state index is 0.00408. The van der Waals surface area contributed by atoms with Crippen molar-refractivity contribution < 1.29 is 41.0 Å². The molecule has 1 fully saturated rings. The summed E-state index contributed by atoms with van der Waals surface area (Å²) in [5.41, 5.74) is 1.61. The molecule has 13 heteroatoms. The van der Waals surface area contributed by atoms with Crippen LogP contribution in [0.5, 0.6) is 0 Å². The standard InChI is InChI=1S/C19H31N3O4S.C2HF3O2/c1-16-5-6-17(2)18(15-16)27(24,25)22(10-4-14-26-3)11-7-19(23)21-12-8-20-9-13-21;3-2(4,5)1(6)7/h5-6,15,20H,4,7-14H2,1-3H3;(H,6,7). The van der Waals surface area contributed by atoms with Crippen molar-refractivity contribution in [3.8, 4) is 0 Å². The van der Waals surface area contributed by atoms with Crippen LogP contribution in [-0.4, -0.2) is 93.8 Å². The van der Waals surface area contributed by atoms with Crippen LogP contribution in [0.4, 0.5) is 13.2 Å². The Morgan fingerprint density at radius 1 is 1.18 bits per heavy atom. The Hall–Kier alpha value is -2.22. The number of rotatable bonds is 9. The van der Waals surface area contributed by atoms with Gasteiger partial charge in [-0.1, -0.05) is 12.1 Å². The maximum Gasteiger partial charge on any atom is 0.490 e. The van der Waals surface area contributed by atoms with Gasteiger partial charge in [-0.25, -0.2) is 13.2 Å². The second kappa shape index (κ2) is 13.6. The number of halogens is 3. The number of carbonyl (C=O) groups excluding carboxylic acids is 1. The van der Waals surface area contributed by atoms with Gasteiger partial charge in [0.15, 0.2) is 0 Å². The van der Waals surface area contributed by atoms with Crippen molar-refractivity contribution >= 4 is 21.9 Å². The number of alkyl halides is 3. The van der Waals surface area contributed by atoms with Gasteiger partial charge < -0.3 is 20.1 Å². The van der Waals surface area contributed by atoms with Crippen LogP contribution < -0.4 is 5.32 Å². The molecule has 9 nitrogen and oxygen atoms in total. The lowest BCUT2D eigenvalue weighted by Crippen LogP contribution is -2.47. The third-order valence-electron chi connectivity index (χ3n) is 5.00. The predicted molar refractivity (Wildman–Crippen MR) is 119 cm³/mol. The lowest BCUT2D eigenvalue weighted by atomic mass is 10.2. The number of aryl methyl sites for hydroxylation is 2. The number of amides is 1. The number of aliphatic carboxylic acids is 1. The average molecular weight is 512 g/mol. The second-order valence-corrected chi connectivity index (χ2v) is 9.61. The number of hydrogen-bond acceptors (Lipinski definition) is 6. The highest BCUT2D eigenvalue weighted by Crippen LogP contribution is 2.22. The zero-order valence-corrected chi connectivity index (χ0v) is 20.3. The summed E-state index contributed by atoms with van der Waals surface area (Å²) in [7, 11) is -2.07. The normalized spacial score (nSPS) is 14.5. The zero-order valence-electron chi connectivity index (χ0n) is 19.5. The second-order valence-electron chi connectivity index (χ2n) is 7.70. The van der Waals surface area contributed by atoms with Crippen LogP contribution in [0.2, 0.25) is 0 Å². The molecule has 1 aromatic rings. The lowest BCUT2D eigenvalue weighted by molar-refractivity contribution is -0.192. The van der Waals surface area contributed by atoms with Crippen LogP contribution >= 0.6 is 0 Å². The van der Waals surface area contributed by atoms with E-state index in [2.05, 4.69) is 5.32 Å². The molecule has 1 aromatic carbocycles. The van der Waals surface area contributed by atoms with Gasteiger partial charge in [0.05, 0.1) is 4.90 Å². The number of methoxy groups -OCH3 is 1. The molecule has 0 aromatic heterocycles. The SMILES string of the molecule is COCCCN(CCC(=O)N1CCNCC1)S(=O)(=O)c1cc(C)ccc1C.O=C(O)C(F)(F)F. The third-order valence-corrected chi connectivity index (χ3v) is 7.05. The largest absolute Gasteiger partial charge is 0.490 e. The van der Waals surface area contributed by atoms with Gasteiger partial charge in [-0.15, -0.1) is 0 Å². The van der Waals surface area contributed by atoms with Crippen LogP contribution in [0.25, 0.3) is 0 Å². The summed E-state index contributed by atoms with van der Waals surface area (Å²) in [6.45, 7) is 7.57. The predicted octanol–water partition coefficient (Wildman–Crippen LogP) is 1.79. The first-order valence-corrected chi connectivity index (χ1v) is 12.1.